The van der Waals surface area contributed by atoms with E-state index in [9.17, 15) is 0 Å². The van der Waals surface area contributed by atoms with Gasteiger partial charge < -0.3 is 9.55 Å². The van der Waals surface area contributed by atoms with E-state index in [0.717, 1.165) is 0 Å². The highest BCUT2D eigenvalue weighted by Crippen LogP contribution is 2.55. The first-order chi connectivity index (χ1) is 21.4. The quantitative estimate of drug-likeness (QED) is 0.215. The Morgan fingerprint density at radius 1 is 0.455 bits per heavy atom. The Labute approximate surface area is 257 Å². The van der Waals surface area contributed by atoms with Gasteiger partial charge in [-0.1, -0.05) is 119 Å². The maximum atomic E-state index is 3.70. The average Bonchev–Trinajstić information content (AvgIpc) is 3.60. The first kappa shape index (κ1) is 25.4. The fraction of sp³-hybridized carbons (Fsp3) is 0.143. The summed E-state index contributed by atoms with van der Waals surface area (Å²) in [6.07, 6.45) is 0. The molecule has 0 radical (unpaired) electrons. The van der Waals surface area contributed by atoms with Crippen molar-refractivity contribution in [2.24, 2.45) is 0 Å². The number of aromatic nitrogens is 2. The van der Waals surface area contributed by atoms with Crippen molar-refractivity contribution in [3.63, 3.8) is 0 Å². The topological polar surface area (TPSA) is 20.7 Å². The number of nitrogens with zero attached hydrogens (tertiary/aromatic N) is 1. The van der Waals surface area contributed by atoms with Crippen LogP contribution in [0.15, 0.2) is 127 Å². The number of hydrogen-bond acceptors (Lipinski definition) is 0. The molecule has 1 N–H and O–H groups in total. The van der Waals surface area contributed by atoms with Crippen LogP contribution in [-0.2, 0) is 10.8 Å². The molecule has 0 unspecified atom stereocenters. The van der Waals surface area contributed by atoms with Crippen LogP contribution in [0, 0.1) is 0 Å². The predicted octanol–water partition coefficient (Wildman–Crippen LogP) is 11.1. The second kappa shape index (κ2) is 8.74. The largest absolute Gasteiger partial charge is 0.355 e. The molecule has 2 nitrogen and oxygen atoms in total. The zero-order valence-corrected chi connectivity index (χ0v) is 25.6. The molecule has 0 aliphatic heterocycles. The first-order valence-corrected chi connectivity index (χ1v) is 15.6. The molecule has 2 heterocycles. The molecule has 0 saturated heterocycles. The Bertz CT molecular complexity index is 2420. The van der Waals surface area contributed by atoms with Crippen molar-refractivity contribution >= 4 is 43.6 Å². The molecule has 1 aliphatic carbocycles. The van der Waals surface area contributed by atoms with Crippen molar-refractivity contribution < 1.29 is 0 Å². The zero-order valence-electron chi connectivity index (χ0n) is 25.6. The van der Waals surface area contributed by atoms with Crippen molar-refractivity contribution in [3.8, 4) is 16.8 Å². The van der Waals surface area contributed by atoms with E-state index in [4.69, 9.17) is 0 Å². The van der Waals surface area contributed by atoms with Gasteiger partial charge in [-0.3, -0.25) is 0 Å². The summed E-state index contributed by atoms with van der Waals surface area (Å²) in [4.78, 5) is 3.70. The van der Waals surface area contributed by atoms with E-state index < -0.39 is 0 Å². The molecular weight excluding hydrogens is 532 g/mol. The van der Waals surface area contributed by atoms with Crippen molar-refractivity contribution in [1.82, 2.24) is 9.55 Å². The van der Waals surface area contributed by atoms with Crippen LogP contribution in [0.5, 0.6) is 0 Å². The van der Waals surface area contributed by atoms with Gasteiger partial charge in [0.25, 0.3) is 0 Å². The van der Waals surface area contributed by atoms with Crippen molar-refractivity contribution in [1.29, 1.82) is 0 Å². The van der Waals surface area contributed by atoms with Gasteiger partial charge in [-0.05, 0) is 69.8 Å². The number of rotatable bonds is 2. The number of hydrogen-bond donors (Lipinski definition) is 1. The van der Waals surface area contributed by atoms with Gasteiger partial charge in [0.15, 0.2) is 0 Å². The highest BCUT2D eigenvalue weighted by Gasteiger charge is 2.44. The van der Waals surface area contributed by atoms with Gasteiger partial charge in [-0.2, -0.15) is 0 Å². The molecular formula is C42H34N2. The molecule has 9 rings (SSSR count). The fourth-order valence-corrected chi connectivity index (χ4v) is 8.32. The van der Waals surface area contributed by atoms with E-state index in [1.807, 2.05) is 0 Å². The summed E-state index contributed by atoms with van der Waals surface area (Å²) in [7, 11) is 0. The molecule has 0 fully saturated rings. The normalized spacial score (nSPS) is 15.2. The number of aromatic amines is 1. The number of H-pyrrole nitrogens is 1. The van der Waals surface area contributed by atoms with Crippen molar-refractivity contribution in [2.75, 3.05) is 0 Å². The molecule has 44 heavy (non-hydrogen) atoms. The summed E-state index contributed by atoms with van der Waals surface area (Å²) in [5, 5.41) is 5.35. The summed E-state index contributed by atoms with van der Waals surface area (Å²) < 4.78 is 2.46. The molecule has 8 aromatic rings. The van der Waals surface area contributed by atoms with Gasteiger partial charge in [0.05, 0.1) is 11.0 Å². The van der Waals surface area contributed by atoms with E-state index in [-0.39, 0.29) is 10.8 Å². The maximum absolute atomic E-state index is 3.70. The zero-order chi connectivity index (χ0) is 29.8. The molecule has 0 amide bonds. The Balaban J connectivity index is 1.34. The third-order valence-corrected chi connectivity index (χ3v) is 10.3. The van der Waals surface area contributed by atoms with Gasteiger partial charge in [0.1, 0.15) is 0 Å². The minimum Gasteiger partial charge on any atom is -0.355 e. The molecule has 6 aromatic carbocycles. The Morgan fingerprint density at radius 2 is 1.05 bits per heavy atom. The highest BCUT2D eigenvalue weighted by atomic mass is 15.0. The highest BCUT2D eigenvalue weighted by molar-refractivity contribution is 6.14. The summed E-state index contributed by atoms with van der Waals surface area (Å²) >= 11 is 0. The van der Waals surface area contributed by atoms with Gasteiger partial charge in [-0.25, -0.2) is 0 Å². The fourth-order valence-electron chi connectivity index (χ4n) is 8.32. The molecule has 0 bridgehead atoms. The van der Waals surface area contributed by atoms with Crippen molar-refractivity contribution in [3.05, 3.63) is 150 Å². The Morgan fingerprint density at radius 3 is 1.80 bits per heavy atom. The standard InChI is InChI=1S/C42H34N2/c1-41(2)32-23-25-36-38(40(32)42(3,4)31-22-24-34-37(39(31)41)29-14-8-10-16-33(29)43-34)30-15-9-11-17-35(30)44(36)28-20-18-27(19-21-28)26-12-6-5-7-13-26/h5-25,43H,1-4H3. The molecule has 1 aliphatic rings. The minimum atomic E-state index is -0.196. The molecule has 2 aromatic heterocycles. The molecule has 0 spiro atoms. The summed E-state index contributed by atoms with van der Waals surface area (Å²) in [5.41, 5.74) is 13.9. The SMILES string of the molecule is CC1(C)c2ccc3c(c2C(C)(C)c2ccc4[nH]c5ccccc5c4c21)c1ccccc1n3-c1ccc(-c2ccccc2)cc1. The van der Waals surface area contributed by atoms with Gasteiger partial charge >= 0.3 is 0 Å². The Kier molecular flexibility index (Phi) is 5.05. The van der Waals surface area contributed by atoms with Crippen LogP contribution in [0.2, 0.25) is 0 Å². The number of benzene rings is 6. The molecule has 0 saturated carbocycles. The minimum absolute atomic E-state index is 0.181. The molecule has 2 heteroatoms. The summed E-state index contributed by atoms with van der Waals surface area (Å²) in [6.45, 7) is 9.71. The van der Waals surface area contributed by atoms with E-state index in [0.29, 0.717) is 0 Å². The van der Waals surface area contributed by atoms with Gasteiger partial charge in [-0.15, -0.1) is 0 Å². The number of para-hydroxylation sites is 2. The van der Waals surface area contributed by atoms with Crippen LogP contribution in [0.25, 0.3) is 60.4 Å². The monoisotopic (exact) mass is 566 g/mol. The lowest BCUT2D eigenvalue weighted by atomic mass is 9.58. The van der Waals surface area contributed by atoms with E-state index in [2.05, 4.69) is 165 Å². The summed E-state index contributed by atoms with van der Waals surface area (Å²) in [6, 6.07) is 46.8. The number of nitrogens with one attached hydrogen (secondary N) is 1. The van der Waals surface area contributed by atoms with E-state index in [1.54, 1.807) is 0 Å². The lowest BCUT2D eigenvalue weighted by Crippen LogP contribution is -2.37. The second-order valence-electron chi connectivity index (χ2n) is 13.5. The smallest absolute Gasteiger partial charge is 0.0544 e. The van der Waals surface area contributed by atoms with E-state index >= 15 is 0 Å². The second-order valence-corrected chi connectivity index (χ2v) is 13.5. The molecule has 212 valence electrons. The Hall–Kier alpha value is -5.08. The van der Waals surface area contributed by atoms with Gasteiger partial charge in [0, 0.05) is 49.1 Å². The maximum Gasteiger partial charge on any atom is 0.0544 e. The molecule has 0 atom stereocenters. The van der Waals surface area contributed by atoms with Crippen LogP contribution in [0.1, 0.15) is 49.9 Å². The van der Waals surface area contributed by atoms with Crippen LogP contribution in [-0.4, -0.2) is 9.55 Å². The van der Waals surface area contributed by atoms with Gasteiger partial charge in [0.2, 0.25) is 0 Å². The van der Waals surface area contributed by atoms with E-state index in [1.165, 1.54) is 82.7 Å². The number of fused-ring (bicyclic) bond motifs is 10. The predicted molar refractivity (Wildman–Crippen MR) is 186 cm³/mol. The third kappa shape index (κ3) is 3.26. The van der Waals surface area contributed by atoms with Crippen LogP contribution in [0.4, 0.5) is 0 Å². The summed E-state index contributed by atoms with van der Waals surface area (Å²) in [5.74, 6) is 0. The first-order valence-electron chi connectivity index (χ1n) is 15.6. The lowest BCUT2D eigenvalue weighted by Gasteiger charge is -2.44. The van der Waals surface area contributed by atoms with Crippen LogP contribution in [0.3, 0.4) is 0 Å². The third-order valence-electron chi connectivity index (χ3n) is 10.3. The van der Waals surface area contributed by atoms with Crippen molar-refractivity contribution in [2.45, 2.75) is 38.5 Å². The lowest BCUT2D eigenvalue weighted by molar-refractivity contribution is 0.529. The average molecular weight is 567 g/mol. The van der Waals surface area contributed by atoms with Crippen LogP contribution >= 0.6 is 0 Å². The van der Waals surface area contributed by atoms with Crippen LogP contribution < -0.4 is 0 Å².